The van der Waals surface area contributed by atoms with Crippen molar-refractivity contribution < 1.29 is 27.4 Å². The highest BCUT2D eigenvalue weighted by atomic mass is 35.5. The number of fused-ring (bicyclic) bond motifs is 1. The normalized spacial score (nSPS) is 14.3. The maximum Gasteiger partial charge on any atom is 0.417 e. The minimum absolute atomic E-state index is 0.167. The second-order valence-corrected chi connectivity index (χ2v) is 9.28. The highest BCUT2D eigenvalue weighted by molar-refractivity contribution is 6.39. The Morgan fingerprint density at radius 1 is 1.08 bits per heavy atom. The van der Waals surface area contributed by atoms with Crippen LogP contribution in [0.2, 0.25) is 5.02 Å². The van der Waals surface area contributed by atoms with Crippen LogP contribution in [-0.4, -0.2) is 28.2 Å². The predicted octanol–water partition coefficient (Wildman–Crippen LogP) is 7.86. The highest BCUT2D eigenvalue weighted by Crippen LogP contribution is 2.37. The number of benzene rings is 2. The van der Waals surface area contributed by atoms with Crippen molar-refractivity contribution in [3.05, 3.63) is 77.1 Å². The number of carbonyl (C=O) groups excluding carboxylic acids is 1. The van der Waals surface area contributed by atoms with E-state index in [1.54, 1.807) is 29.7 Å². The number of halogens is 4. The van der Waals surface area contributed by atoms with Gasteiger partial charge in [0.25, 0.3) is 0 Å². The lowest BCUT2D eigenvalue weighted by Gasteiger charge is -2.15. The summed E-state index contributed by atoms with van der Waals surface area (Å²) in [5, 5.41) is 0.740. The van der Waals surface area contributed by atoms with E-state index in [1.165, 1.54) is 18.9 Å². The van der Waals surface area contributed by atoms with Crippen molar-refractivity contribution in [1.29, 1.82) is 0 Å². The lowest BCUT2D eigenvalue weighted by molar-refractivity contribution is -0.137. The number of ether oxygens (including phenoxy) is 2. The Bertz CT molecular complexity index is 1420. The number of esters is 1. The average Bonchev–Trinajstić information content (AvgIpc) is 3.50. The van der Waals surface area contributed by atoms with Gasteiger partial charge in [0, 0.05) is 22.8 Å². The summed E-state index contributed by atoms with van der Waals surface area (Å²) in [4.78, 5) is 16.9. The Balaban J connectivity index is 1.56. The molecule has 1 fully saturated rings. The van der Waals surface area contributed by atoms with E-state index in [-0.39, 0.29) is 23.4 Å². The summed E-state index contributed by atoms with van der Waals surface area (Å²) in [5.74, 6) is 0.177. The maximum absolute atomic E-state index is 12.9. The van der Waals surface area contributed by atoms with Crippen LogP contribution in [0, 0.1) is 0 Å². The van der Waals surface area contributed by atoms with Crippen molar-refractivity contribution in [2.24, 2.45) is 0 Å². The monoisotopic (exact) mass is 528 g/mol. The molecule has 0 radical (unpaired) electrons. The van der Waals surface area contributed by atoms with Gasteiger partial charge in [-0.1, -0.05) is 17.7 Å². The summed E-state index contributed by atoms with van der Waals surface area (Å²) in [6, 6.07) is 14.9. The Labute approximate surface area is 216 Å². The predicted molar refractivity (Wildman–Crippen MR) is 135 cm³/mol. The molecule has 1 aliphatic carbocycles. The molecule has 0 N–H and O–H groups in total. The Kier molecular flexibility index (Phi) is 6.86. The van der Waals surface area contributed by atoms with Crippen molar-refractivity contribution >= 4 is 28.5 Å². The van der Waals surface area contributed by atoms with E-state index >= 15 is 0 Å². The van der Waals surface area contributed by atoms with Crippen LogP contribution in [0.15, 0.2) is 60.8 Å². The fourth-order valence-corrected chi connectivity index (χ4v) is 4.98. The van der Waals surface area contributed by atoms with Crippen LogP contribution < -0.4 is 4.74 Å². The lowest BCUT2D eigenvalue weighted by atomic mass is 10.1. The number of aromatic nitrogens is 2. The van der Waals surface area contributed by atoms with Gasteiger partial charge in [-0.3, -0.25) is 4.98 Å². The fourth-order valence-electron chi connectivity index (χ4n) is 4.67. The number of pyridine rings is 1. The first-order valence-electron chi connectivity index (χ1n) is 12.1. The van der Waals surface area contributed by atoms with Gasteiger partial charge in [0.2, 0.25) is 0 Å². The molecular formula is C28H24ClF3N2O3. The van der Waals surface area contributed by atoms with Crippen LogP contribution in [0.25, 0.3) is 27.8 Å². The molecule has 2 aromatic heterocycles. The molecule has 37 heavy (non-hydrogen) atoms. The summed E-state index contributed by atoms with van der Waals surface area (Å²) in [5.41, 5.74) is 1.60. The first-order valence-corrected chi connectivity index (χ1v) is 12.5. The van der Waals surface area contributed by atoms with Crippen LogP contribution >= 0.6 is 11.6 Å². The molecule has 5 rings (SSSR count). The summed E-state index contributed by atoms with van der Waals surface area (Å²) < 4.78 is 51.9. The second kappa shape index (κ2) is 10.1. The van der Waals surface area contributed by atoms with Gasteiger partial charge in [-0.2, -0.15) is 13.2 Å². The average molecular weight is 529 g/mol. The van der Waals surface area contributed by atoms with Gasteiger partial charge in [0.05, 0.1) is 34.5 Å². The molecule has 0 saturated heterocycles. The second-order valence-electron chi connectivity index (χ2n) is 8.90. The SMILES string of the molecule is CCOC(=O)c1c(Cl)c2cc(-c3ccc(C(F)(F)F)cn3)ccc2n1-c1ccc(OC2CCCC2)cc1. The minimum atomic E-state index is -4.47. The van der Waals surface area contributed by atoms with Gasteiger partial charge in [-0.05, 0) is 81.1 Å². The summed E-state index contributed by atoms with van der Waals surface area (Å²) in [6.45, 7) is 1.88. The van der Waals surface area contributed by atoms with E-state index < -0.39 is 17.7 Å². The summed E-state index contributed by atoms with van der Waals surface area (Å²) in [7, 11) is 0. The van der Waals surface area contributed by atoms with Crippen molar-refractivity contribution in [1.82, 2.24) is 9.55 Å². The molecule has 1 aliphatic rings. The molecule has 5 nitrogen and oxygen atoms in total. The van der Waals surface area contributed by atoms with Gasteiger partial charge in [0.1, 0.15) is 5.75 Å². The Hall–Kier alpha value is -3.52. The zero-order chi connectivity index (χ0) is 26.2. The molecule has 192 valence electrons. The van der Waals surface area contributed by atoms with E-state index in [2.05, 4.69) is 4.98 Å². The number of hydrogen-bond donors (Lipinski definition) is 0. The van der Waals surface area contributed by atoms with Gasteiger partial charge in [0.15, 0.2) is 5.69 Å². The molecule has 0 spiro atoms. The van der Waals surface area contributed by atoms with Gasteiger partial charge in [-0.15, -0.1) is 0 Å². The standard InChI is InChI=1S/C28H24ClF3N2O3/c1-2-36-27(35)26-25(29)22-15-17(23-13-8-18(16-33-23)28(30,31)32)7-14-24(22)34(26)19-9-11-21(12-10-19)37-20-5-3-4-6-20/h7-16,20H,2-6H2,1H3. The smallest absolute Gasteiger partial charge is 0.417 e. The topological polar surface area (TPSA) is 53.3 Å². The van der Waals surface area contributed by atoms with E-state index in [0.29, 0.717) is 27.8 Å². The van der Waals surface area contributed by atoms with E-state index in [4.69, 9.17) is 21.1 Å². The van der Waals surface area contributed by atoms with Gasteiger partial charge >= 0.3 is 12.1 Å². The third kappa shape index (κ3) is 5.03. The quantitative estimate of drug-likeness (QED) is 0.239. The van der Waals surface area contributed by atoms with E-state index in [0.717, 1.165) is 30.9 Å². The number of hydrogen-bond acceptors (Lipinski definition) is 4. The minimum Gasteiger partial charge on any atom is -0.490 e. The van der Waals surface area contributed by atoms with Crippen molar-refractivity contribution in [2.75, 3.05) is 6.61 Å². The van der Waals surface area contributed by atoms with Crippen LogP contribution in [0.3, 0.4) is 0 Å². The largest absolute Gasteiger partial charge is 0.490 e. The number of nitrogens with zero attached hydrogens (tertiary/aromatic N) is 2. The molecule has 2 heterocycles. The van der Waals surface area contributed by atoms with E-state index in [1.807, 2.05) is 24.3 Å². The third-order valence-electron chi connectivity index (χ3n) is 6.46. The molecule has 2 aromatic carbocycles. The zero-order valence-corrected chi connectivity index (χ0v) is 20.8. The fraction of sp³-hybridized carbons (Fsp3) is 0.286. The number of rotatable bonds is 6. The molecular weight excluding hydrogens is 505 g/mol. The lowest BCUT2D eigenvalue weighted by Crippen LogP contribution is -2.12. The van der Waals surface area contributed by atoms with Crippen LogP contribution in [0.1, 0.15) is 48.7 Å². The first kappa shape index (κ1) is 25.1. The Morgan fingerprint density at radius 3 is 2.43 bits per heavy atom. The van der Waals surface area contributed by atoms with Gasteiger partial charge in [-0.25, -0.2) is 4.79 Å². The van der Waals surface area contributed by atoms with Crippen LogP contribution in [-0.2, 0) is 10.9 Å². The number of carbonyl (C=O) groups is 1. The molecule has 0 unspecified atom stereocenters. The summed E-state index contributed by atoms with van der Waals surface area (Å²) >= 11 is 6.72. The van der Waals surface area contributed by atoms with E-state index in [9.17, 15) is 18.0 Å². The molecule has 4 aromatic rings. The van der Waals surface area contributed by atoms with Crippen molar-refractivity contribution in [3.63, 3.8) is 0 Å². The first-order chi connectivity index (χ1) is 17.8. The molecule has 0 atom stereocenters. The molecule has 0 amide bonds. The third-order valence-corrected chi connectivity index (χ3v) is 6.84. The van der Waals surface area contributed by atoms with Crippen LogP contribution in [0.5, 0.6) is 5.75 Å². The molecule has 1 saturated carbocycles. The Morgan fingerprint density at radius 2 is 1.81 bits per heavy atom. The highest BCUT2D eigenvalue weighted by Gasteiger charge is 2.31. The van der Waals surface area contributed by atoms with Crippen molar-refractivity contribution in [3.8, 4) is 22.7 Å². The zero-order valence-electron chi connectivity index (χ0n) is 20.0. The van der Waals surface area contributed by atoms with Crippen LogP contribution in [0.4, 0.5) is 13.2 Å². The molecule has 9 heteroatoms. The maximum atomic E-state index is 12.9. The van der Waals surface area contributed by atoms with Gasteiger partial charge < -0.3 is 14.0 Å². The summed E-state index contributed by atoms with van der Waals surface area (Å²) in [6.07, 6.45) is 0.978. The number of alkyl halides is 3. The van der Waals surface area contributed by atoms with Crippen molar-refractivity contribution in [2.45, 2.75) is 44.9 Å². The molecule has 0 aliphatic heterocycles. The molecule has 0 bridgehead atoms.